The molecule has 0 aliphatic carbocycles. The molecule has 0 atom stereocenters. The van der Waals surface area contributed by atoms with Gasteiger partial charge in [-0.1, -0.05) is 0 Å². The Bertz CT molecular complexity index is 432. The second kappa shape index (κ2) is 3.67. The van der Waals surface area contributed by atoms with E-state index in [2.05, 4.69) is 21.0 Å². The summed E-state index contributed by atoms with van der Waals surface area (Å²) in [5.74, 6) is -0.00174. The molecule has 0 fully saturated rings. The molecule has 0 amide bonds. The first-order chi connectivity index (χ1) is 6.70. The summed E-state index contributed by atoms with van der Waals surface area (Å²) in [6, 6.07) is 1.71. The van der Waals surface area contributed by atoms with Crippen LogP contribution in [0.4, 0.5) is 0 Å². The van der Waals surface area contributed by atoms with E-state index in [-0.39, 0.29) is 5.78 Å². The van der Waals surface area contributed by atoms with Crippen molar-refractivity contribution in [2.75, 3.05) is 0 Å². The lowest BCUT2D eigenvalue weighted by atomic mass is 10.2. The fraction of sp³-hybridized carbons (Fsp3) is 0.111. The van der Waals surface area contributed by atoms with E-state index in [1.54, 1.807) is 24.0 Å². The van der Waals surface area contributed by atoms with Crippen LogP contribution in [-0.4, -0.2) is 15.6 Å². The molecule has 2 heterocycles. The monoisotopic (exact) mass is 270 g/mol. The van der Waals surface area contributed by atoms with E-state index < -0.39 is 0 Å². The zero-order chi connectivity index (χ0) is 10.1. The minimum absolute atomic E-state index is 0.00174. The van der Waals surface area contributed by atoms with E-state index in [1.165, 1.54) is 11.3 Å². The van der Waals surface area contributed by atoms with Crippen molar-refractivity contribution in [3.8, 4) is 0 Å². The Kier molecular flexibility index (Phi) is 2.52. The van der Waals surface area contributed by atoms with Crippen LogP contribution in [0.15, 0.2) is 27.5 Å². The number of aromatic nitrogens is 2. The van der Waals surface area contributed by atoms with Crippen molar-refractivity contribution in [1.82, 2.24) is 9.78 Å². The summed E-state index contributed by atoms with van der Waals surface area (Å²) in [7, 11) is 1.76. The first-order valence-electron chi connectivity index (χ1n) is 3.94. The highest BCUT2D eigenvalue weighted by molar-refractivity contribution is 9.10. The van der Waals surface area contributed by atoms with Crippen LogP contribution >= 0.6 is 27.3 Å². The van der Waals surface area contributed by atoms with E-state index in [0.29, 0.717) is 11.3 Å². The number of halogens is 1. The van der Waals surface area contributed by atoms with Crippen molar-refractivity contribution in [3.05, 3.63) is 38.8 Å². The summed E-state index contributed by atoms with van der Waals surface area (Å²) < 4.78 is 2.42. The number of hydrogen-bond acceptors (Lipinski definition) is 3. The molecule has 0 spiro atoms. The highest BCUT2D eigenvalue weighted by atomic mass is 79.9. The number of ketones is 1. The Morgan fingerprint density at radius 3 is 2.86 bits per heavy atom. The number of carbonyl (C=O) groups is 1. The first kappa shape index (κ1) is 9.61. The number of carbonyl (C=O) groups excluding carboxylic acids is 1. The highest BCUT2D eigenvalue weighted by Crippen LogP contribution is 2.23. The van der Waals surface area contributed by atoms with Crippen LogP contribution in [0.1, 0.15) is 16.1 Å². The molecule has 0 aliphatic rings. The number of aryl methyl sites for hydroxylation is 1. The van der Waals surface area contributed by atoms with Gasteiger partial charge in [0.05, 0.1) is 0 Å². The molecule has 3 nitrogen and oxygen atoms in total. The van der Waals surface area contributed by atoms with Gasteiger partial charge in [0.1, 0.15) is 5.69 Å². The van der Waals surface area contributed by atoms with Gasteiger partial charge in [0.15, 0.2) is 0 Å². The van der Waals surface area contributed by atoms with Crippen molar-refractivity contribution < 1.29 is 4.79 Å². The zero-order valence-electron chi connectivity index (χ0n) is 7.40. The molecule has 0 saturated carbocycles. The molecule has 14 heavy (non-hydrogen) atoms. The molecule has 0 saturated heterocycles. The van der Waals surface area contributed by atoms with Gasteiger partial charge in [-0.25, -0.2) is 0 Å². The molecule has 0 radical (unpaired) electrons. The molecule has 2 rings (SSSR count). The van der Waals surface area contributed by atoms with E-state index in [1.807, 2.05) is 10.8 Å². The third kappa shape index (κ3) is 1.53. The Balaban J connectivity index is 2.44. The molecular formula is C9H7BrN2OS. The number of thiophene rings is 1. The van der Waals surface area contributed by atoms with Crippen LogP contribution < -0.4 is 0 Å². The largest absolute Gasteiger partial charge is 0.287 e. The van der Waals surface area contributed by atoms with E-state index in [9.17, 15) is 4.79 Å². The molecule has 2 aromatic heterocycles. The number of rotatable bonds is 2. The summed E-state index contributed by atoms with van der Waals surface area (Å²) in [5.41, 5.74) is 1.29. The van der Waals surface area contributed by atoms with Crippen molar-refractivity contribution in [3.63, 3.8) is 0 Å². The standard InChI is InChI=1S/C9H7BrN2OS/c1-12-8(2-3-11-12)9(13)6-4-14-5-7(6)10/h2-5H,1H3. The maximum atomic E-state index is 11.9. The van der Waals surface area contributed by atoms with Crippen molar-refractivity contribution in [2.24, 2.45) is 7.05 Å². The Morgan fingerprint density at radius 2 is 2.36 bits per heavy atom. The summed E-state index contributed by atoms with van der Waals surface area (Å²) in [6.07, 6.45) is 1.62. The minimum Gasteiger partial charge on any atom is -0.287 e. The van der Waals surface area contributed by atoms with Gasteiger partial charge >= 0.3 is 0 Å². The van der Waals surface area contributed by atoms with Crippen LogP contribution in [0.3, 0.4) is 0 Å². The van der Waals surface area contributed by atoms with Gasteiger partial charge in [-0.15, -0.1) is 0 Å². The molecule has 0 N–H and O–H groups in total. The summed E-state index contributed by atoms with van der Waals surface area (Å²) in [6.45, 7) is 0. The normalized spacial score (nSPS) is 10.4. The van der Waals surface area contributed by atoms with E-state index in [0.717, 1.165) is 4.47 Å². The molecular weight excluding hydrogens is 264 g/mol. The minimum atomic E-state index is -0.00174. The highest BCUT2D eigenvalue weighted by Gasteiger charge is 2.15. The Morgan fingerprint density at radius 1 is 1.57 bits per heavy atom. The summed E-state index contributed by atoms with van der Waals surface area (Å²) in [5, 5.41) is 7.69. The zero-order valence-corrected chi connectivity index (χ0v) is 9.80. The van der Waals surface area contributed by atoms with Gasteiger partial charge in [-0.05, 0) is 22.0 Å². The average molecular weight is 271 g/mol. The smallest absolute Gasteiger partial charge is 0.212 e. The van der Waals surface area contributed by atoms with Crippen LogP contribution in [0, 0.1) is 0 Å². The maximum Gasteiger partial charge on any atom is 0.212 e. The van der Waals surface area contributed by atoms with E-state index in [4.69, 9.17) is 0 Å². The molecule has 0 bridgehead atoms. The Hall–Kier alpha value is -0.940. The van der Waals surface area contributed by atoms with Gasteiger partial charge in [0.2, 0.25) is 5.78 Å². The van der Waals surface area contributed by atoms with Crippen LogP contribution in [0.25, 0.3) is 0 Å². The average Bonchev–Trinajstić information content (AvgIpc) is 2.73. The lowest BCUT2D eigenvalue weighted by Crippen LogP contribution is -2.07. The van der Waals surface area contributed by atoms with Crippen LogP contribution in [0.5, 0.6) is 0 Å². The predicted molar refractivity (Wildman–Crippen MR) is 58.7 cm³/mol. The lowest BCUT2D eigenvalue weighted by Gasteiger charge is -1.99. The van der Waals surface area contributed by atoms with Crippen molar-refractivity contribution in [1.29, 1.82) is 0 Å². The van der Waals surface area contributed by atoms with Gasteiger partial charge in [0, 0.05) is 34.0 Å². The van der Waals surface area contributed by atoms with Crippen molar-refractivity contribution in [2.45, 2.75) is 0 Å². The van der Waals surface area contributed by atoms with Gasteiger partial charge in [0.25, 0.3) is 0 Å². The summed E-state index contributed by atoms with van der Waals surface area (Å²) in [4.78, 5) is 11.9. The Labute approximate surface area is 93.5 Å². The molecule has 0 aromatic carbocycles. The second-order valence-electron chi connectivity index (χ2n) is 2.80. The molecule has 0 unspecified atom stereocenters. The molecule has 5 heteroatoms. The molecule has 0 aliphatic heterocycles. The third-order valence-electron chi connectivity index (χ3n) is 1.91. The molecule has 2 aromatic rings. The maximum absolute atomic E-state index is 11.9. The number of nitrogens with zero attached hydrogens (tertiary/aromatic N) is 2. The fourth-order valence-electron chi connectivity index (χ4n) is 1.18. The van der Waals surface area contributed by atoms with Crippen molar-refractivity contribution >= 4 is 33.0 Å². The topological polar surface area (TPSA) is 34.9 Å². The first-order valence-corrected chi connectivity index (χ1v) is 5.68. The third-order valence-corrected chi connectivity index (χ3v) is 3.62. The molecule has 72 valence electrons. The van der Waals surface area contributed by atoms with Gasteiger partial charge in [-0.2, -0.15) is 16.4 Å². The van der Waals surface area contributed by atoms with Crippen LogP contribution in [0.2, 0.25) is 0 Å². The summed E-state index contributed by atoms with van der Waals surface area (Å²) >= 11 is 4.84. The predicted octanol–water partition coefficient (Wildman–Crippen LogP) is 2.48. The number of hydrogen-bond donors (Lipinski definition) is 0. The van der Waals surface area contributed by atoms with Gasteiger partial charge < -0.3 is 0 Å². The van der Waals surface area contributed by atoms with E-state index >= 15 is 0 Å². The van der Waals surface area contributed by atoms with Gasteiger partial charge in [-0.3, -0.25) is 9.48 Å². The SMILES string of the molecule is Cn1nccc1C(=O)c1cscc1Br. The lowest BCUT2D eigenvalue weighted by molar-refractivity contribution is 0.103. The fourth-order valence-corrected chi connectivity index (χ4v) is 2.63. The quantitative estimate of drug-likeness (QED) is 0.786. The van der Waals surface area contributed by atoms with Crippen LogP contribution in [-0.2, 0) is 7.05 Å². The second-order valence-corrected chi connectivity index (χ2v) is 4.40.